The highest BCUT2D eigenvalue weighted by Gasteiger charge is 2.27. The van der Waals surface area contributed by atoms with Gasteiger partial charge < -0.3 is 10.6 Å². The van der Waals surface area contributed by atoms with Crippen molar-refractivity contribution in [2.24, 2.45) is 11.7 Å². The topological polar surface area (TPSA) is 46.3 Å². The van der Waals surface area contributed by atoms with E-state index in [9.17, 15) is 9.18 Å². The van der Waals surface area contributed by atoms with Crippen LogP contribution in [0, 0.1) is 11.7 Å². The number of nitrogens with zero attached hydrogens (tertiary/aromatic N) is 1. The Kier molecular flexibility index (Phi) is 6.24. The molecule has 1 aromatic rings. The molecule has 0 bridgehead atoms. The van der Waals surface area contributed by atoms with Gasteiger partial charge in [-0.1, -0.05) is 17.7 Å². The average Bonchev–Trinajstić information content (AvgIpc) is 2.41. The molecule has 3 nitrogen and oxygen atoms in total. The molecule has 0 aromatic heterocycles. The van der Waals surface area contributed by atoms with Crippen LogP contribution in [-0.4, -0.2) is 29.9 Å². The van der Waals surface area contributed by atoms with E-state index < -0.39 is 5.82 Å². The number of hydrogen-bond acceptors (Lipinski definition) is 2. The van der Waals surface area contributed by atoms with Crippen molar-refractivity contribution >= 4 is 29.9 Å². The molecule has 1 heterocycles. The van der Waals surface area contributed by atoms with Crippen LogP contribution in [-0.2, 0) is 0 Å². The van der Waals surface area contributed by atoms with Gasteiger partial charge in [0.15, 0.2) is 0 Å². The zero-order valence-electron chi connectivity index (χ0n) is 11.3. The minimum absolute atomic E-state index is 0. The van der Waals surface area contributed by atoms with Gasteiger partial charge in [0.2, 0.25) is 0 Å². The molecule has 112 valence electrons. The first-order valence-corrected chi connectivity index (χ1v) is 6.87. The lowest BCUT2D eigenvalue weighted by molar-refractivity contribution is 0.0660. The van der Waals surface area contributed by atoms with E-state index in [1.165, 1.54) is 12.1 Å². The molecule has 1 aliphatic rings. The molecule has 2 rings (SSSR count). The fraction of sp³-hybridized carbons (Fsp3) is 0.500. The molecule has 2 unspecified atom stereocenters. The zero-order chi connectivity index (χ0) is 14.0. The third-order valence-electron chi connectivity index (χ3n) is 3.67. The molecule has 0 radical (unpaired) electrons. The highest BCUT2D eigenvalue weighted by atomic mass is 35.5. The van der Waals surface area contributed by atoms with E-state index in [1.54, 1.807) is 11.0 Å². The van der Waals surface area contributed by atoms with Crippen LogP contribution in [0.1, 0.15) is 30.1 Å². The van der Waals surface area contributed by atoms with Gasteiger partial charge in [-0.15, -0.1) is 12.4 Å². The van der Waals surface area contributed by atoms with Crippen molar-refractivity contribution in [2.75, 3.05) is 13.1 Å². The first kappa shape index (κ1) is 17.2. The Morgan fingerprint density at radius 2 is 2.25 bits per heavy atom. The predicted octanol–water partition coefficient (Wildman–Crippen LogP) is 3.10. The van der Waals surface area contributed by atoms with Crippen LogP contribution >= 0.6 is 24.0 Å². The van der Waals surface area contributed by atoms with Crippen molar-refractivity contribution in [3.05, 3.63) is 34.6 Å². The van der Waals surface area contributed by atoms with Crippen molar-refractivity contribution in [3.8, 4) is 0 Å². The second-order valence-electron chi connectivity index (χ2n) is 5.11. The summed E-state index contributed by atoms with van der Waals surface area (Å²) in [7, 11) is 0. The van der Waals surface area contributed by atoms with Gasteiger partial charge in [-0.25, -0.2) is 4.39 Å². The van der Waals surface area contributed by atoms with E-state index in [0.29, 0.717) is 19.0 Å². The highest BCUT2D eigenvalue weighted by molar-refractivity contribution is 6.34. The molecule has 1 amide bonds. The summed E-state index contributed by atoms with van der Waals surface area (Å²) in [4.78, 5) is 14.1. The molecule has 0 saturated carbocycles. The number of piperidine rings is 1. The largest absolute Gasteiger partial charge is 0.338 e. The van der Waals surface area contributed by atoms with Crippen LogP contribution in [0.2, 0.25) is 5.02 Å². The van der Waals surface area contributed by atoms with E-state index in [-0.39, 0.29) is 34.9 Å². The number of rotatable bonds is 2. The number of carbonyl (C=O) groups is 1. The van der Waals surface area contributed by atoms with Crippen molar-refractivity contribution in [3.63, 3.8) is 0 Å². The van der Waals surface area contributed by atoms with Gasteiger partial charge in [0, 0.05) is 19.1 Å². The standard InChI is InChI=1S/C14H18ClFN2O.ClH/c1-9(17)10-4-3-7-18(8-10)14(19)11-5-2-6-12(16)13(11)15;/h2,5-6,9-10H,3-4,7-8,17H2,1H3;1H. The summed E-state index contributed by atoms with van der Waals surface area (Å²) in [5.41, 5.74) is 6.13. The Morgan fingerprint density at radius 1 is 1.55 bits per heavy atom. The summed E-state index contributed by atoms with van der Waals surface area (Å²) < 4.78 is 13.4. The summed E-state index contributed by atoms with van der Waals surface area (Å²) >= 11 is 5.86. The summed E-state index contributed by atoms with van der Waals surface area (Å²) in [6.45, 7) is 3.24. The lowest BCUT2D eigenvalue weighted by atomic mass is 9.92. The molecule has 2 N–H and O–H groups in total. The maximum atomic E-state index is 13.4. The Morgan fingerprint density at radius 3 is 2.90 bits per heavy atom. The van der Waals surface area contributed by atoms with Crippen molar-refractivity contribution in [1.82, 2.24) is 4.90 Å². The highest BCUT2D eigenvalue weighted by Crippen LogP contribution is 2.25. The van der Waals surface area contributed by atoms with Gasteiger partial charge in [-0.3, -0.25) is 4.79 Å². The van der Waals surface area contributed by atoms with Crippen LogP contribution in [0.25, 0.3) is 0 Å². The minimum atomic E-state index is -0.562. The minimum Gasteiger partial charge on any atom is -0.338 e. The SMILES string of the molecule is CC(N)C1CCCN(C(=O)c2cccc(F)c2Cl)C1.Cl. The van der Waals surface area contributed by atoms with Crippen LogP contribution in [0.4, 0.5) is 4.39 Å². The second-order valence-corrected chi connectivity index (χ2v) is 5.49. The number of halogens is 3. The lowest BCUT2D eigenvalue weighted by Crippen LogP contribution is -2.45. The van der Waals surface area contributed by atoms with Crippen LogP contribution in [0.15, 0.2) is 18.2 Å². The van der Waals surface area contributed by atoms with Gasteiger partial charge >= 0.3 is 0 Å². The van der Waals surface area contributed by atoms with E-state index in [0.717, 1.165) is 12.8 Å². The number of carbonyl (C=O) groups excluding carboxylic acids is 1. The normalized spacial score (nSPS) is 20.2. The maximum absolute atomic E-state index is 13.4. The van der Waals surface area contributed by atoms with Crippen LogP contribution in [0.3, 0.4) is 0 Å². The average molecular weight is 321 g/mol. The smallest absolute Gasteiger partial charge is 0.255 e. The van der Waals surface area contributed by atoms with Crippen molar-refractivity contribution in [1.29, 1.82) is 0 Å². The van der Waals surface area contributed by atoms with Crippen molar-refractivity contribution in [2.45, 2.75) is 25.8 Å². The second kappa shape index (κ2) is 7.25. The monoisotopic (exact) mass is 320 g/mol. The quantitative estimate of drug-likeness (QED) is 0.910. The van der Waals surface area contributed by atoms with Gasteiger partial charge in [0.25, 0.3) is 5.91 Å². The molecule has 1 aliphatic heterocycles. The number of hydrogen-bond donors (Lipinski definition) is 1. The van der Waals surface area contributed by atoms with Gasteiger partial charge in [-0.2, -0.15) is 0 Å². The number of amides is 1. The molecule has 1 saturated heterocycles. The summed E-state index contributed by atoms with van der Waals surface area (Å²) in [6, 6.07) is 4.36. The fourth-order valence-corrected chi connectivity index (χ4v) is 2.67. The Hall–Kier alpha value is -0.840. The van der Waals surface area contributed by atoms with Crippen LogP contribution in [0.5, 0.6) is 0 Å². The van der Waals surface area contributed by atoms with E-state index >= 15 is 0 Å². The molecule has 20 heavy (non-hydrogen) atoms. The van der Waals surface area contributed by atoms with Gasteiger partial charge in [-0.05, 0) is 37.8 Å². The van der Waals surface area contributed by atoms with Gasteiger partial charge in [0.05, 0.1) is 10.6 Å². The molecule has 1 fully saturated rings. The predicted molar refractivity (Wildman–Crippen MR) is 80.9 cm³/mol. The lowest BCUT2D eigenvalue weighted by Gasteiger charge is -2.34. The van der Waals surface area contributed by atoms with E-state index in [1.807, 2.05) is 6.92 Å². The summed E-state index contributed by atoms with van der Waals surface area (Å²) in [5, 5.41) is -0.101. The van der Waals surface area contributed by atoms with Crippen molar-refractivity contribution < 1.29 is 9.18 Å². The van der Waals surface area contributed by atoms with Crippen LogP contribution < -0.4 is 5.73 Å². The third kappa shape index (κ3) is 3.62. The Labute approximate surface area is 129 Å². The molecular formula is C14H19Cl2FN2O. The third-order valence-corrected chi connectivity index (χ3v) is 4.05. The van der Waals surface area contributed by atoms with E-state index in [4.69, 9.17) is 17.3 Å². The number of benzene rings is 1. The number of nitrogens with two attached hydrogens (primary N) is 1. The zero-order valence-corrected chi connectivity index (χ0v) is 12.9. The summed E-state index contributed by atoms with van der Waals surface area (Å²) in [6.07, 6.45) is 1.95. The molecule has 0 spiro atoms. The molecule has 6 heteroatoms. The first-order valence-electron chi connectivity index (χ1n) is 6.49. The van der Waals surface area contributed by atoms with Gasteiger partial charge in [0.1, 0.15) is 5.82 Å². The number of likely N-dealkylation sites (tertiary alicyclic amines) is 1. The maximum Gasteiger partial charge on any atom is 0.255 e. The molecule has 1 aromatic carbocycles. The molecular weight excluding hydrogens is 302 g/mol. The first-order chi connectivity index (χ1) is 9.00. The Bertz CT molecular complexity index is 482. The summed E-state index contributed by atoms with van der Waals surface area (Å²) in [5.74, 6) is -0.479. The Balaban J connectivity index is 0.00000200. The molecule has 2 atom stereocenters. The molecule has 0 aliphatic carbocycles. The fourth-order valence-electron chi connectivity index (χ4n) is 2.46. The van der Waals surface area contributed by atoms with E-state index in [2.05, 4.69) is 0 Å².